The van der Waals surface area contributed by atoms with Crippen molar-refractivity contribution in [3.05, 3.63) is 23.9 Å². The molecular weight excluding hydrogens is 140 g/mol. The van der Waals surface area contributed by atoms with Gasteiger partial charge in [-0.15, -0.1) is 0 Å². The predicted molar refractivity (Wildman–Crippen MR) is 43.7 cm³/mol. The van der Waals surface area contributed by atoms with Crippen LogP contribution in [-0.2, 0) is 0 Å². The first-order chi connectivity index (χ1) is 5.24. The molecule has 0 amide bonds. The topological polar surface area (TPSA) is 76.9 Å². The molecule has 1 rings (SSSR count). The lowest BCUT2D eigenvalue weighted by Gasteiger charge is -1.93. The molecule has 0 saturated heterocycles. The minimum atomic E-state index is 0.261. The molecule has 0 saturated carbocycles. The maximum Gasteiger partial charge on any atom is 0.270 e. The Morgan fingerprint density at radius 3 is 3.00 bits per heavy atom. The van der Waals surface area contributed by atoms with Crippen LogP contribution in [0.2, 0.25) is 0 Å². The maximum absolute atomic E-state index is 5.34. The normalized spacial score (nSPS) is 9.09. The molecule has 0 atom stereocenters. The average molecular weight is 149 g/mol. The fraction of sp³-hybridized carbons (Fsp3) is 0. The third-order valence-corrected chi connectivity index (χ3v) is 1.24. The van der Waals surface area contributed by atoms with E-state index in [1.807, 2.05) is 0 Å². The molecule has 1 heterocycles. The summed E-state index contributed by atoms with van der Waals surface area (Å²) >= 11 is 0. The van der Waals surface area contributed by atoms with Crippen molar-refractivity contribution < 1.29 is 5.41 Å². The van der Waals surface area contributed by atoms with Crippen LogP contribution in [0.25, 0.3) is 0 Å². The number of amidine groups is 1. The molecule has 0 fully saturated rings. The Morgan fingerprint density at radius 2 is 2.45 bits per heavy atom. The second kappa shape index (κ2) is 2.92. The van der Waals surface area contributed by atoms with Gasteiger partial charge >= 0.3 is 0 Å². The Balaban J connectivity index is 3.10. The number of hydrogen-bond donors (Lipinski definition) is 2. The summed E-state index contributed by atoms with van der Waals surface area (Å²) in [5.41, 5.74) is 6.07. The van der Waals surface area contributed by atoms with Gasteiger partial charge in [-0.05, 0) is 18.9 Å². The highest BCUT2D eigenvalue weighted by atomic mass is 14.9. The molecule has 11 heavy (non-hydrogen) atoms. The molecule has 0 radical (unpaired) electrons. The van der Waals surface area contributed by atoms with Crippen LogP contribution in [0.3, 0.4) is 0 Å². The Hall–Kier alpha value is -1.71. The lowest BCUT2D eigenvalue weighted by Crippen LogP contribution is -2.46. The molecule has 56 valence electrons. The lowest BCUT2D eigenvalue weighted by atomic mass is 10.2. The van der Waals surface area contributed by atoms with Gasteiger partial charge < -0.3 is 0 Å². The summed E-state index contributed by atoms with van der Waals surface area (Å²) in [5.74, 6) is 0.785. The van der Waals surface area contributed by atoms with E-state index in [2.05, 4.69) is 16.7 Å². The zero-order valence-electron chi connectivity index (χ0n) is 5.99. The van der Waals surface area contributed by atoms with Crippen molar-refractivity contribution in [1.82, 2.24) is 4.98 Å². The summed E-state index contributed by atoms with van der Waals surface area (Å²) in [6.07, 6.45) is 1.58. The minimum Gasteiger partial charge on any atom is -0.287 e. The van der Waals surface area contributed by atoms with Crippen LogP contribution in [0.15, 0.2) is 23.3 Å². The molecule has 0 unspecified atom stereocenters. The van der Waals surface area contributed by atoms with E-state index in [-0.39, 0.29) is 5.84 Å². The smallest absolute Gasteiger partial charge is 0.270 e. The van der Waals surface area contributed by atoms with Gasteiger partial charge in [-0.3, -0.25) is 11.1 Å². The summed E-state index contributed by atoms with van der Waals surface area (Å²) in [4.78, 5) is 7.51. The third-order valence-electron chi connectivity index (χ3n) is 1.24. The Morgan fingerprint density at radius 1 is 1.73 bits per heavy atom. The van der Waals surface area contributed by atoms with Crippen molar-refractivity contribution >= 4 is 18.4 Å². The van der Waals surface area contributed by atoms with Crippen LogP contribution >= 0.6 is 0 Å². The number of pyridine rings is 1. The van der Waals surface area contributed by atoms with Crippen LogP contribution in [-0.4, -0.2) is 17.5 Å². The molecule has 4 nitrogen and oxygen atoms in total. The van der Waals surface area contributed by atoms with Crippen LogP contribution in [0.1, 0.15) is 5.56 Å². The molecule has 4 N–H and O–H groups in total. The van der Waals surface area contributed by atoms with Crippen LogP contribution in [0.4, 0.5) is 5.82 Å². The van der Waals surface area contributed by atoms with E-state index < -0.39 is 0 Å². The first kappa shape index (κ1) is 7.40. The molecule has 4 heteroatoms. The summed E-state index contributed by atoms with van der Waals surface area (Å²) in [6, 6.07) is 3.38. The van der Waals surface area contributed by atoms with Crippen molar-refractivity contribution in [3.8, 4) is 0 Å². The van der Waals surface area contributed by atoms with E-state index >= 15 is 0 Å². The Labute approximate surface area is 64.3 Å². The second-order valence-corrected chi connectivity index (χ2v) is 2.02. The monoisotopic (exact) mass is 149 g/mol. The molecule has 0 aliphatic carbocycles. The van der Waals surface area contributed by atoms with E-state index in [1.54, 1.807) is 18.3 Å². The fourth-order valence-corrected chi connectivity index (χ4v) is 0.684. The van der Waals surface area contributed by atoms with Crippen molar-refractivity contribution in [3.63, 3.8) is 0 Å². The summed E-state index contributed by atoms with van der Waals surface area (Å²) in [7, 11) is 0. The predicted octanol–water partition coefficient (Wildman–Crippen LogP) is -1.12. The number of hydrogen-bond acceptors (Lipinski definition) is 2. The molecule has 1 aromatic rings. The van der Waals surface area contributed by atoms with Gasteiger partial charge in [-0.25, -0.2) is 9.98 Å². The zero-order chi connectivity index (χ0) is 8.27. The number of rotatable bonds is 2. The fourth-order valence-electron chi connectivity index (χ4n) is 0.684. The summed E-state index contributed by atoms with van der Waals surface area (Å²) < 4.78 is 0. The van der Waals surface area contributed by atoms with Gasteiger partial charge in [0.1, 0.15) is 0 Å². The largest absolute Gasteiger partial charge is 0.287 e. The number of aromatic nitrogens is 1. The van der Waals surface area contributed by atoms with Gasteiger partial charge in [0.25, 0.3) is 5.84 Å². The standard InChI is InChI=1S/C7H8N4/c1-10-6-4-5(7(8)9)2-3-11-6/h2-4H,1H2,(H3,8,9)/p+1. The highest BCUT2D eigenvalue weighted by Gasteiger charge is 2.00. The highest BCUT2D eigenvalue weighted by Crippen LogP contribution is 2.07. The van der Waals surface area contributed by atoms with Gasteiger partial charge in [-0.2, -0.15) is 0 Å². The molecule has 1 aromatic heterocycles. The molecule has 0 spiro atoms. The first-order valence-electron chi connectivity index (χ1n) is 3.05. The van der Waals surface area contributed by atoms with E-state index in [4.69, 9.17) is 11.1 Å². The summed E-state index contributed by atoms with van der Waals surface area (Å²) in [6.45, 7) is 3.33. The zero-order valence-corrected chi connectivity index (χ0v) is 5.99. The van der Waals surface area contributed by atoms with Crippen LogP contribution < -0.4 is 11.1 Å². The lowest BCUT2D eigenvalue weighted by molar-refractivity contribution is -0.114. The molecule has 0 aliphatic rings. The Bertz CT molecular complexity index is 292. The molecule has 0 aromatic carbocycles. The van der Waals surface area contributed by atoms with Gasteiger partial charge in [0.05, 0.1) is 5.56 Å². The number of aliphatic imine (C=N–C) groups is 1. The SMILES string of the molecule is C=Nc1cc(C(N)=[NH2+])ccn1. The van der Waals surface area contributed by atoms with E-state index in [9.17, 15) is 0 Å². The van der Waals surface area contributed by atoms with E-state index in [1.165, 1.54) is 0 Å². The van der Waals surface area contributed by atoms with Gasteiger partial charge in [0.15, 0.2) is 5.82 Å². The van der Waals surface area contributed by atoms with Crippen LogP contribution in [0, 0.1) is 0 Å². The third kappa shape index (κ3) is 1.61. The van der Waals surface area contributed by atoms with Crippen molar-refractivity contribution in [2.24, 2.45) is 10.7 Å². The second-order valence-electron chi connectivity index (χ2n) is 2.02. The van der Waals surface area contributed by atoms with E-state index in [0.29, 0.717) is 5.82 Å². The average Bonchev–Trinajstić information content (AvgIpc) is 2.05. The van der Waals surface area contributed by atoms with Crippen molar-refractivity contribution in [1.29, 1.82) is 0 Å². The quantitative estimate of drug-likeness (QED) is 0.412. The van der Waals surface area contributed by atoms with Crippen molar-refractivity contribution in [2.75, 3.05) is 0 Å². The van der Waals surface area contributed by atoms with Gasteiger partial charge in [-0.1, -0.05) is 0 Å². The van der Waals surface area contributed by atoms with Gasteiger partial charge in [0, 0.05) is 6.20 Å². The minimum absolute atomic E-state index is 0.261. The molecule has 0 bridgehead atoms. The van der Waals surface area contributed by atoms with Gasteiger partial charge in [0.2, 0.25) is 0 Å². The first-order valence-corrected chi connectivity index (χ1v) is 3.05. The summed E-state index contributed by atoms with van der Waals surface area (Å²) in [5, 5.41) is 5.34. The maximum atomic E-state index is 5.34. The number of nitrogens with two attached hydrogens (primary N) is 2. The Kier molecular flexibility index (Phi) is 1.96. The number of nitrogens with zero attached hydrogens (tertiary/aromatic N) is 2. The molecule has 0 aliphatic heterocycles. The highest BCUT2D eigenvalue weighted by molar-refractivity contribution is 5.93. The molecular formula is C7H9N4+. The van der Waals surface area contributed by atoms with Crippen molar-refractivity contribution in [2.45, 2.75) is 0 Å². The van der Waals surface area contributed by atoms with Crippen LogP contribution in [0.5, 0.6) is 0 Å². The van der Waals surface area contributed by atoms with E-state index in [0.717, 1.165) is 5.56 Å².